The normalized spacial score (nSPS) is 15.6. The van der Waals surface area contributed by atoms with Crippen LogP contribution in [0.3, 0.4) is 0 Å². The molecule has 0 aliphatic carbocycles. The minimum absolute atomic E-state index is 0.131. The van der Waals surface area contributed by atoms with E-state index in [0.29, 0.717) is 11.6 Å². The monoisotopic (exact) mass is 388 g/mol. The highest BCUT2D eigenvalue weighted by atomic mass is 32.2. The molecule has 27 heavy (non-hydrogen) atoms. The van der Waals surface area contributed by atoms with Crippen LogP contribution < -0.4 is 10.1 Å². The molecule has 1 N–H and O–H groups in total. The number of nitrogens with zero attached hydrogens (tertiary/aromatic N) is 3. The van der Waals surface area contributed by atoms with Crippen LogP contribution in [0.2, 0.25) is 0 Å². The van der Waals surface area contributed by atoms with Gasteiger partial charge in [-0.15, -0.1) is 0 Å². The molecule has 1 fully saturated rings. The fraction of sp³-hybridized carbons (Fsp3) is 0.500. The van der Waals surface area contributed by atoms with E-state index in [1.165, 1.54) is 18.7 Å². The summed E-state index contributed by atoms with van der Waals surface area (Å²) in [4.78, 5) is 15.1. The molecule has 1 amide bonds. The SMILES string of the molecule is COc1ccc(C(=O)Nc2ccnn2C2CCN(CCCSC)CC2)cc1. The highest BCUT2D eigenvalue weighted by Crippen LogP contribution is 2.26. The van der Waals surface area contributed by atoms with Crippen molar-refractivity contribution in [3.63, 3.8) is 0 Å². The number of rotatable bonds is 8. The first-order chi connectivity index (χ1) is 13.2. The molecule has 0 saturated carbocycles. The van der Waals surface area contributed by atoms with E-state index < -0.39 is 0 Å². The number of thioether (sulfide) groups is 1. The maximum Gasteiger partial charge on any atom is 0.256 e. The second-order valence-corrected chi connectivity index (χ2v) is 7.75. The molecule has 1 saturated heterocycles. The van der Waals surface area contributed by atoms with Crippen LogP contribution >= 0.6 is 11.8 Å². The summed E-state index contributed by atoms with van der Waals surface area (Å²) in [6, 6.07) is 9.32. The standard InChI is InChI=1S/C20H28N4O2S/c1-26-18-6-4-16(5-7-18)20(25)22-19-8-11-21-24(19)17-9-13-23(14-10-17)12-3-15-27-2/h4-8,11,17H,3,9-10,12-15H2,1-2H3,(H,22,25). The zero-order valence-electron chi connectivity index (χ0n) is 16.1. The summed E-state index contributed by atoms with van der Waals surface area (Å²) < 4.78 is 7.11. The molecule has 2 heterocycles. The van der Waals surface area contributed by atoms with Crippen molar-refractivity contribution in [3.8, 4) is 5.75 Å². The zero-order chi connectivity index (χ0) is 19.1. The molecule has 1 aromatic heterocycles. The van der Waals surface area contributed by atoms with Gasteiger partial charge in [-0.25, -0.2) is 4.68 Å². The molecule has 7 heteroatoms. The van der Waals surface area contributed by atoms with Gasteiger partial charge in [0.05, 0.1) is 19.3 Å². The number of carbonyl (C=O) groups excluding carboxylic acids is 1. The van der Waals surface area contributed by atoms with Gasteiger partial charge in [0.15, 0.2) is 0 Å². The van der Waals surface area contributed by atoms with Crippen molar-refractivity contribution < 1.29 is 9.53 Å². The third-order valence-electron chi connectivity index (χ3n) is 4.99. The molecule has 0 spiro atoms. The van der Waals surface area contributed by atoms with E-state index >= 15 is 0 Å². The van der Waals surface area contributed by atoms with Gasteiger partial charge in [0.25, 0.3) is 5.91 Å². The molecule has 1 aliphatic rings. The van der Waals surface area contributed by atoms with Crippen molar-refractivity contribution >= 4 is 23.5 Å². The molecule has 2 aromatic rings. The van der Waals surface area contributed by atoms with Crippen LogP contribution in [-0.2, 0) is 0 Å². The lowest BCUT2D eigenvalue weighted by Crippen LogP contribution is -2.36. The Morgan fingerprint density at radius 3 is 2.67 bits per heavy atom. The van der Waals surface area contributed by atoms with Crippen molar-refractivity contribution in [1.29, 1.82) is 0 Å². The van der Waals surface area contributed by atoms with Crippen molar-refractivity contribution in [1.82, 2.24) is 14.7 Å². The number of likely N-dealkylation sites (tertiary alicyclic amines) is 1. The maximum absolute atomic E-state index is 12.5. The summed E-state index contributed by atoms with van der Waals surface area (Å²) in [5.74, 6) is 2.59. The van der Waals surface area contributed by atoms with E-state index in [2.05, 4.69) is 21.6 Å². The van der Waals surface area contributed by atoms with Gasteiger partial charge in [-0.05, 0) is 62.1 Å². The number of ether oxygens (including phenoxy) is 1. The average molecular weight is 389 g/mol. The Kier molecular flexibility index (Phi) is 7.18. The second-order valence-electron chi connectivity index (χ2n) is 6.76. The number of methoxy groups -OCH3 is 1. The van der Waals surface area contributed by atoms with Gasteiger partial charge in [0, 0.05) is 24.7 Å². The lowest BCUT2D eigenvalue weighted by atomic mass is 10.1. The van der Waals surface area contributed by atoms with Crippen LogP contribution in [0.5, 0.6) is 5.75 Å². The fourth-order valence-corrected chi connectivity index (χ4v) is 3.87. The minimum atomic E-state index is -0.131. The Bertz CT molecular complexity index is 724. The topological polar surface area (TPSA) is 59.4 Å². The summed E-state index contributed by atoms with van der Waals surface area (Å²) in [6.45, 7) is 3.35. The molecule has 6 nitrogen and oxygen atoms in total. The van der Waals surface area contributed by atoms with Crippen LogP contribution in [0.25, 0.3) is 0 Å². The van der Waals surface area contributed by atoms with Crippen molar-refractivity contribution in [2.45, 2.75) is 25.3 Å². The molecule has 3 rings (SSSR count). The largest absolute Gasteiger partial charge is 0.497 e. The van der Waals surface area contributed by atoms with Gasteiger partial charge >= 0.3 is 0 Å². The van der Waals surface area contributed by atoms with Crippen LogP contribution in [-0.4, -0.2) is 59.3 Å². The predicted octanol–water partition coefficient (Wildman–Crippen LogP) is 3.53. The third-order valence-corrected chi connectivity index (χ3v) is 5.69. The summed E-state index contributed by atoms with van der Waals surface area (Å²) in [6.07, 6.45) is 7.29. The summed E-state index contributed by atoms with van der Waals surface area (Å²) >= 11 is 1.91. The number of benzene rings is 1. The Hall–Kier alpha value is -1.99. The Morgan fingerprint density at radius 1 is 1.26 bits per heavy atom. The Balaban J connectivity index is 1.57. The van der Waals surface area contributed by atoms with Crippen molar-refractivity contribution in [2.24, 2.45) is 0 Å². The van der Waals surface area contributed by atoms with Gasteiger partial charge in [0.2, 0.25) is 0 Å². The second kappa shape index (κ2) is 9.80. The van der Waals surface area contributed by atoms with E-state index in [0.717, 1.165) is 37.5 Å². The minimum Gasteiger partial charge on any atom is -0.497 e. The average Bonchev–Trinajstić information content (AvgIpc) is 3.17. The molecule has 0 bridgehead atoms. The lowest BCUT2D eigenvalue weighted by Gasteiger charge is -2.32. The third kappa shape index (κ3) is 5.26. The predicted molar refractivity (Wildman–Crippen MR) is 111 cm³/mol. The first-order valence-corrected chi connectivity index (χ1v) is 10.8. The molecule has 1 aromatic carbocycles. The molecule has 0 atom stereocenters. The molecule has 0 unspecified atom stereocenters. The molecule has 146 valence electrons. The van der Waals surface area contributed by atoms with Gasteiger partial charge < -0.3 is 15.0 Å². The number of amides is 1. The van der Waals surface area contributed by atoms with Gasteiger partial charge in [0.1, 0.15) is 11.6 Å². The number of hydrogen-bond acceptors (Lipinski definition) is 5. The lowest BCUT2D eigenvalue weighted by molar-refractivity contribution is 0.102. The van der Waals surface area contributed by atoms with Gasteiger partial charge in [-0.1, -0.05) is 0 Å². The number of aromatic nitrogens is 2. The Morgan fingerprint density at radius 2 is 2.00 bits per heavy atom. The number of nitrogens with one attached hydrogen (secondary N) is 1. The van der Waals surface area contributed by atoms with Crippen LogP contribution in [0, 0.1) is 0 Å². The number of anilines is 1. The highest BCUT2D eigenvalue weighted by molar-refractivity contribution is 7.98. The highest BCUT2D eigenvalue weighted by Gasteiger charge is 2.23. The molecule has 0 radical (unpaired) electrons. The van der Waals surface area contributed by atoms with E-state index in [1.807, 2.05) is 22.5 Å². The summed E-state index contributed by atoms with van der Waals surface area (Å²) in [5, 5.41) is 7.47. The van der Waals surface area contributed by atoms with Gasteiger partial charge in [-0.3, -0.25) is 4.79 Å². The van der Waals surface area contributed by atoms with E-state index in [-0.39, 0.29) is 5.91 Å². The zero-order valence-corrected chi connectivity index (χ0v) is 16.9. The van der Waals surface area contributed by atoms with Crippen molar-refractivity contribution in [2.75, 3.05) is 44.1 Å². The van der Waals surface area contributed by atoms with Crippen LogP contribution in [0.15, 0.2) is 36.5 Å². The first-order valence-electron chi connectivity index (χ1n) is 9.41. The van der Waals surface area contributed by atoms with Gasteiger partial charge in [-0.2, -0.15) is 16.9 Å². The smallest absolute Gasteiger partial charge is 0.256 e. The maximum atomic E-state index is 12.5. The molecular weight excluding hydrogens is 360 g/mol. The van der Waals surface area contributed by atoms with Crippen LogP contribution in [0.4, 0.5) is 5.82 Å². The number of carbonyl (C=O) groups is 1. The number of hydrogen-bond donors (Lipinski definition) is 1. The quantitative estimate of drug-likeness (QED) is 0.701. The van der Waals surface area contributed by atoms with E-state index in [4.69, 9.17) is 4.74 Å². The Labute approximate surface area is 165 Å². The fourth-order valence-electron chi connectivity index (χ4n) is 3.46. The van der Waals surface area contributed by atoms with E-state index in [9.17, 15) is 4.79 Å². The van der Waals surface area contributed by atoms with Crippen LogP contribution in [0.1, 0.15) is 35.7 Å². The van der Waals surface area contributed by atoms with E-state index in [1.54, 1.807) is 37.6 Å². The van der Waals surface area contributed by atoms with Crippen molar-refractivity contribution in [3.05, 3.63) is 42.1 Å². The molecule has 1 aliphatic heterocycles. The summed E-state index contributed by atoms with van der Waals surface area (Å²) in [7, 11) is 1.61. The summed E-state index contributed by atoms with van der Waals surface area (Å²) in [5.41, 5.74) is 0.604. The first kappa shape index (κ1) is 19.8. The molecular formula is C20H28N4O2S. The number of piperidine rings is 1.